The zero-order valence-electron chi connectivity index (χ0n) is 15.6. The molecule has 1 aromatic carbocycles. The van der Waals surface area contributed by atoms with Gasteiger partial charge in [-0.25, -0.2) is 0 Å². The zero-order chi connectivity index (χ0) is 19.2. The molecule has 0 bridgehead atoms. The van der Waals surface area contributed by atoms with Crippen molar-refractivity contribution in [3.63, 3.8) is 0 Å². The van der Waals surface area contributed by atoms with Gasteiger partial charge >= 0.3 is 0 Å². The van der Waals surface area contributed by atoms with Crippen molar-refractivity contribution in [1.29, 1.82) is 0 Å². The predicted molar refractivity (Wildman–Crippen MR) is 107 cm³/mol. The number of nitrogens with one attached hydrogen (secondary N) is 3. The molecule has 0 spiro atoms. The van der Waals surface area contributed by atoms with Crippen molar-refractivity contribution in [3.8, 4) is 5.75 Å². The first-order valence-electron chi connectivity index (χ1n) is 9.19. The number of ether oxygens (including phenoxy) is 1. The van der Waals surface area contributed by atoms with E-state index in [1.54, 1.807) is 24.3 Å². The SMILES string of the molecule is CCCCCCCOc1ccc(C(=O)NC(=S)NNC(=O)CCC)cc1. The summed E-state index contributed by atoms with van der Waals surface area (Å²) in [6, 6.07) is 6.89. The lowest BCUT2D eigenvalue weighted by atomic mass is 10.2. The summed E-state index contributed by atoms with van der Waals surface area (Å²) in [5.41, 5.74) is 5.39. The molecule has 0 aliphatic carbocycles. The van der Waals surface area contributed by atoms with Crippen molar-refractivity contribution in [2.45, 2.75) is 58.8 Å². The molecule has 0 saturated carbocycles. The summed E-state index contributed by atoms with van der Waals surface area (Å²) < 4.78 is 5.67. The van der Waals surface area contributed by atoms with E-state index in [0.29, 0.717) is 18.6 Å². The molecule has 0 aromatic heterocycles. The Labute approximate surface area is 161 Å². The number of amides is 2. The van der Waals surface area contributed by atoms with Crippen LogP contribution in [0.15, 0.2) is 24.3 Å². The highest BCUT2D eigenvalue weighted by molar-refractivity contribution is 7.80. The Hall–Kier alpha value is -2.15. The second-order valence-corrected chi connectivity index (χ2v) is 6.40. The van der Waals surface area contributed by atoms with Crippen molar-refractivity contribution < 1.29 is 14.3 Å². The van der Waals surface area contributed by atoms with Crippen LogP contribution < -0.4 is 20.9 Å². The van der Waals surface area contributed by atoms with E-state index >= 15 is 0 Å². The molecule has 1 aromatic rings. The summed E-state index contributed by atoms with van der Waals surface area (Å²) in [5.74, 6) is 0.211. The van der Waals surface area contributed by atoms with Crippen LogP contribution in [0.3, 0.4) is 0 Å². The van der Waals surface area contributed by atoms with E-state index in [1.807, 2.05) is 6.92 Å². The van der Waals surface area contributed by atoms with Gasteiger partial charge in [0.2, 0.25) is 5.91 Å². The summed E-state index contributed by atoms with van der Waals surface area (Å²) in [6.07, 6.45) is 7.08. The van der Waals surface area contributed by atoms with E-state index in [0.717, 1.165) is 18.6 Å². The molecular formula is C19H29N3O3S. The fourth-order valence-electron chi connectivity index (χ4n) is 2.22. The van der Waals surface area contributed by atoms with Crippen LogP contribution in [0.25, 0.3) is 0 Å². The van der Waals surface area contributed by atoms with Crippen molar-refractivity contribution in [1.82, 2.24) is 16.2 Å². The van der Waals surface area contributed by atoms with E-state index in [-0.39, 0.29) is 16.9 Å². The minimum atomic E-state index is -0.349. The van der Waals surface area contributed by atoms with Crippen molar-refractivity contribution >= 4 is 29.1 Å². The van der Waals surface area contributed by atoms with Gasteiger partial charge in [-0.05, 0) is 49.3 Å². The minimum Gasteiger partial charge on any atom is -0.494 e. The molecule has 26 heavy (non-hydrogen) atoms. The van der Waals surface area contributed by atoms with E-state index < -0.39 is 0 Å². The minimum absolute atomic E-state index is 0.0480. The summed E-state index contributed by atoms with van der Waals surface area (Å²) in [4.78, 5) is 23.4. The number of thiocarbonyl (C=S) groups is 1. The van der Waals surface area contributed by atoms with Gasteiger partial charge in [-0.15, -0.1) is 0 Å². The molecule has 2 amide bonds. The maximum Gasteiger partial charge on any atom is 0.257 e. The Morgan fingerprint density at radius 1 is 0.962 bits per heavy atom. The van der Waals surface area contributed by atoms with Crippen LogP contribution in [0.1, 0.15) is 69.2 Å². The lowest BCUT2D eigenvalue weighted by molar-refractivity contribution is -0.121. The molecule has 0 aliphatic heterocycles. The number of carbonyl (C=O) groups is 2. The van der Waals surface area contributed by atoms with Gasteiger partial charge in [0.25, 0.3) is 5.91 Å². The summed E-state index contributed by atoms with van der Waals surface area (Å²) in [5, 5.41) is 2.56. The van der Waals surface area contributed by atoms with E-state index in [2.05, 4.69) is 23.1 Å². The number of unbranched alkanes of at least 4 members (excludes halogenated alkanes) is 4. The Kier molecular flexibility index (Phi) is 11.0. The molecule has 0 fully saturated rings. The Morgan fingerprint density at radius 3 is 2.31 bits per heavy atom. The molecule has 0 unspecified atom stereocenters. The first kappa shape index (κ1) is 21.9. The van der Waals surface area contributed by atoms with Crippen LogP contribution >= 0.6 is 12.2 Å². The number of hydrazine groups is 1. The smallest absolute Gasteiger partial charge is 0.257 e. The first-order chi connectivity index (χ1) is 12.6. The van der Waals surface area contributed by atoms with Crippen LogP contribution in [0, 0.1) is 0 Å². The second kappa shape index (κ2) is 13.1. The highest BCUT2D eigenvalue weighted by Crippen LogP contribution is 2.13. The fraction of sp³-hybridized carbons (Fsp3) is 0.526. The standard InChI is InChI=1S/C19H29N3O3S/c1-3-5-6-7-8-14-25-16-12-10-15(11-13-16)18(24)20-19(26)22-21-17(23)9-4-2/h10-13H,3-9,14H2,1-2H3,(H,21,23)(H2,20,22,24,26). The molecule has 0 saturated heterocycles. The Balaban J connectivity index is 2.32. The zero-order valence-corrected chi connectivity index (χ0v) is 16.4. The molecule has 1 rings (SSSR count). The van der Waals surface area contributed by atoms with Gasteiger partial charge in [0.15, 0.2) is 5.11 Å². The van der Waals surface area contributed by atoms with Gasteiger partial charge < -0.3 is 4.74 Å². The molecule has 0 aliphatic rings. The molecule has 0 heterocycles. The van der Waals surface area contributed by atoms with E-state index in [4.69, 9.17) is 17.0 Å². The third-order valence-electron chi connectivity index (χ3n) is 3.65. The summed E-state index contributed by atoms with van der Waals surface area (Å²) in [6.45, 7) is 4.78. The molecular weight excluding hydrogens is 350 g/mol. The van der Waals surface area contributed by atoms with Crippen LogP contribution in [0.2, 0.25) is 0 Å². The Bertz CT molecular complexity index is 576. The molecule has 0 atom stereocenters. The first-order valence-corrected chi connectivity index (χ1v) is 9.60. The highest BCUT2D eigenvalue weighted by Gasteiger charge is 2.08. The van der Waals surface area contributed by atoms with Gasteiger partial charge in [0, 0.05) is 12.0 Å². The van der Waals surface area contributed by atoms with Gasteiger partial charge in [-0.3, -0.25) is 25.8 Å². The lowest BCUT2D eigenvalue weighted by Gasteiger charge is -2.11. The van der Waals surface area contributed by atoms with Gasteiger partial charge in [-0.2, -0.15) is 0 Å². The molecule has 3 N–H and O–H groups in total. The molecule has 6 nitrogen and oxygen atoms in total. The van der Waals surface area contributed by atoms with Crippen LogP contribution in [0.4, 0.5) is 0 Å². The number of carbonyl (C=O) groups excluding carboxylic acids is 2. The maximum absolute atomic E-state index is 12.1. The van der Waals surface area contributed by atoms with E-state index in [9.17, 15) is 9.59 Å². The number of benzene rings is 1. The topological polar surface area (TPSA) is 79.5 Å². The average Bonchev–Trinajstić information content (AvgIpc) is 2.63. The Morgan fingerprint density at radius 2 is 1.65 bits per heavy atom. The maximum atomic E-state index is 12.1. The normalized spacial score (nSPS) is 10.1. The lowest BCUT2D eigenvalue weighted by Crippen LogP contribution is -2.48. The number of hydrogen-bond donors (Lipinski definition) is 3. The number of rotatable bonds is 10. The summed E-state index contributed by atoms with van der Waals surface area (Å²) >= 11 is 4.98. The van der Waals surface area contributed by atoms with Crippen molar-refractivity contribution in [2.24, 2.45) is 0 Å². The highest BCUT2D eigenvalue weighted by atomic mass is 32.1. The third kappa shape index (κ3) is 9.36. The van der Waals surface area contributed by atoms with Crippen molar-refractivity contribution in [2.75, 3.05) is 6.61 Å². The van der Waals surface area contributed by atoms with Crippen LogP contribution in [0.5, 0.6) is 5.75 Å². The van der Waals surface area contributed by atoms with E-state index in [1.165, 1.54) is 25.7 Å². The predicted octanol–water partition coefficient (Wildman–Crippen LogP) is 3.47. The van der Waals surface area contributed by atoms with Crippen molar-refractivity contribution in [3.05, 3.63) is 29.8 Å². The van der Waals surface area contributed by atoms with Crippen LogP contribution in [-0.2, 0) is 4.79 Å². The third-order valence-corrected chi connectivity index (χ3v) is 3.86. The molecule has 144 valence electrons. The van der Waals surface area contributed by atoms with Gasteiger partial charge in [0.05, 0.1) is 6.61 Å². The summed E-state index contributed by atoms with van der Waals surface area (Å²) in [7, 11) is 0. The fourth-order valence-corrected chi connectivity index (χ4v) is 2.36. The molecule has 0 radical (unpaired) electrons. The number of hydrogen-bond acceptors (Lipinski definition) is 4. The van der Waals surface area contributed by atoms with Crippen LogP contribution in [-0.4, -0.2) is 23.5 Å². The second-order valence-electron chi connectivity index (χ2n) is 5.99. The van der Waals surface area contributed by atoms with Gasteiger partial charge in [0.1, 0.15) is 5.75 Å². The quantitative estimate of drug-likeness (QED) is 0.330. The van der Waals surface area contributed by atoms with Gasteiger partial charge in [-0.1, -0.05) is 39.5 Å². The average molecular weight is 380 g/mol. The largest absolute Gasteiger partial charge is 0.494 e. The monoisotopic (exact) mass is 379 g/mol. The molecule has 7 heteroatoms.